The zero-order valence-corrected chi connectivity index (χ0v) is 11.3. The summed E-state index contributed by atoms with van der Waals surface area (Å²) in [6.07, 6.45) is 3.15. The lowest BCUT2D eigenvalue weighted by atomic mass is 10.1. The van der Waals surface area contributed by atoms with Crippen LogP contribution in [0.3, 0.4) is 0 Å². The number of halogens is 2. The first-order chi connectivity index (χ1) is 8.00. The van der Waals surface area contributed by atoms with Crippen molar-refractivity contribution >= 4 is 23.2 Å². The molecule has 0 aliphatic rings. The number of hydrogen-bond donors (Lipinski definition) is 0. The molecule has 0 unspecified atom stereocenters. The molecule has 2 rings (SSSR count). The van der Waals surface area contributed by atoms with Crippen molar-refractivity contribution < 1.29 is 0 Å². The highest BCUT2D eigenvalue weighted by atomic mass is 35.5. The topological polar surface area (TPSA) is 43.6 Å². The van der Waals surface area contributed by atoms with Gasteiger partial charge in [0.25, 0.3) is 0 Å². The van der Waals surface area contributed by atoms with Crippen LogP contribution in [0, 0.1) is 6.92 Å². The highest BCUT2D eigenvalue weighted by molar-refractivity contribution is 6.31. The minimum Gasteiger partial charge on any atom is -0.224 e. The van der Waals surface area contributed by atoms with E-state index in [0.717, 1.165) is 11.3 Å². The molecule has 2 aromatic heterocycles. The Bertz CT molecular complexity index is 529. The van der Waals surface area contributed by atoms with Gasteiger partial charge in [-0.1, -0.05) is 37.0 Å². The molecule has 90 valence electrons. The van der Waals surface area contributed by atoms with Crippen molar-refractivity contribution in [2.45, 2.75) is 26.7 Å². The summed E-state index contributed by atoms with van der Waals surface area (Å²) in [5.74, 6) is 0.886. The van der Waals surface area contributed by atoms with Gasteiger partial charge >= 0.3 is 0 Å². The average molecular weight is 271 g/mol. The molecule has 4 nitrogen and oxygen atoms in total. The lowest BCUT2D eigenvalue weighted by molar-refractivity contribution is 0.767. The monoisotopic (exact) mass is 270 g/mol. The standard InChI is InChI=1S/C11H12Cl2N4/c1-6(2)9-10(13)14-5-15-11(9)17-4-8(12)7(3)16-17/h4-6H,1-3H3. The molecule has 0 atom stereocenters. The van der Waals surface area contributed by atoms with E-state index in [4.69, 9.17) is 23.2 Å². The molecule has 6 heteroatoms. The summed E-state index contributed by atoms with van der Waals surface area (Å²) in [4.78, 5) is 8.23. The highest BCUT2D eigenvalue weighted by Crippen LogP contribution is 2.27. The van der Waals surface area contributed by atoms with Crippen LogP contribution in [0.1, 0.15) is 31.0 Å². The van der Waals surface area contributed by atoms with E-state index in [1.54, 1.807) is 10.9 Å². The minimum absolute atomic E-state index is 0.210. The third-order valence-electron chi connectivity index (χ3n) is 2.45. The van der Waals surface area contributed by atoms with Gasteiger partial charge in [-0.2, -0.15) is 5.10 Å². The van der Waals surface area contributed by atoms with Gasteiger partial charge in [-0.15, -0.1) is 0 Å². The smallest absolute Gasteiger partial charge is 0.161 e. The second-order valence-corrected chi connectivity index (χ2v) is 4.83. The van der Waals surface area contributed by atoms with Crippen LogP contribution in [0.25, 0.3) is 5.82 Å². The van der Waals surface area contributed by atoms with E-state index in [1.165, 1.54) is 6.33 Å². The zero-order chi connectivity index (χ0) is 12.6. The van der Waals surface area contributed by atoms with Crippen LogP contribution >= 0.6 is 23.2 Å². The SMILES string of the molecule is Cc1nn(-c2ncnc(Cl)c2C(C)C)cc1Cl. The van der Waals surface area contributed by atoms with Gasteiger partial charge in [0.15, 0.2) is 5.82 Å². The van der Waals surface area contributed by atoms with Crippen LogP contribution in [-0.4, -0.2) is 19.7 Å². The molecule has 0 spiro atoms. The maximum Gasteiger partial charge on any atom is 0.161 e. The number of rotatable bonds is 2. The van der Waals surface area contributed by atoms with E-state index < -0.39 is 0 Å². The third-order valence-corrected chi connectivity index (χ3v) is 3.12. The molecule has 0 saturated heterocycles. The van der Waals surface area contributed by atoms with Crippen molar-refractivity contribution in [1.82, 2.24) is 19.7 Å². The summed E-state index contributed by atoms with van der Waals surface area (Å²) in [5, 5.41) is 5.36. The van der Waals surface area contributed by atoms with Crippen LogP contribution in [0.5, 0.6) is 0 Å². The van der Waals surface area contributed by atoms with Crippen molar-refractivity contribution in [3.05, 3.63) is 34.0 Å². The van der Waals surface area contributed by atoms with Gasteiger partial charge in [0.05, 0.1) is 16.9 Å². The third kappa shape index (κ3) is 2.28. The summed E-state index contributed by atoms with van der Waals surface area (Å²) in [7, 11) is 0. The van der Waals surface area contributed by atoms with Gasteiger partial charge in [0, 0.05) is 5.56 Å². The van der Waals surface area contributed by atoms with Crippen LogP contribution in [0.2, 0.25) is 10.2 Å². The molecule has 2 aromatic rings. The second kappa shape index (κ2) is 4.63. The van der Waals surface area contributed by atoms with Gasteiger partial charge in [-0.05, 0) is 12.8 Å². The Morgan fingerprint density at radius 1 is 1.24 bits per heavy atom. The van der Waals surface area contributed by atoms with E-state index in [9.17, 15) is 0 Å². The predicted octanol–water partition coefficient (Wildman–Crippen LogP) is 3.40. The normalized spacial score (nSPS) is 11.2. The zero-order valence-electron chi connectivity index (χ0n) is 9.78. The Hall–Kier alpha value is -1.13. The molecule has 0 aliphatic carbocycles. The van der Waals surface area contributed by atoms with E-state index in [2.05, 4.69) is 15.1 Å². The maximum atomic E-state index is 6.10. The lowest BCUT2D eigenvalue weighted by Crippen LogP contribution is -2.06. The number of hydrogen-bond acceptors (Lipinski definition) is 3. The summed E-state index contributed by atoms with van der Waals surface area (Å²) in [6, 6.07) is 0. The lowest BCUT2D eigenvalue weighted by Gasteiger charge is -2.12. The molecule has 17 heavy (non-hydrogen) atoms. The number of aryl methyl sites for hydroxylation is 1. The minimum atomic E-state index is 0.210. The molecule has 0 bridgehead atoms. The van der Waals surface area contributed by atoms with Crippen LogP contribution in [0.4, 0.5) is 0 Å². The predicted molar refractivity (Wildman–Crippen MR) is 68.0 cm³/mol. The Kier molecular flexibility index (Phi) is 3.35. The molecule has 0 saturated carbocycles. The molecule has 0 radical (unpaired) electrons. The first-order valence-electron chi connectivity index (χ1n) is 5.23. The molecule has 0 N–H and O–H groups in total. The first kappa shape index (κ1) is 12.3. The summed E-state index contributed by atoms with van der Waals surface area (Å²) < 4.78 is 1.64. The van der Waals surface area contributed by atoms with Crippen molar-refractivity contribution in [3.8, 4) is 5.82 Å². The van der Waals surface area contributed by atoms with Crippen LogP contribution < -0.4 is 0 Å². The van der Waals surface area contributed by atoms with Gasteiger partial charge < -0.3 is 0 Å². The van der Waals surface area contributed by atoms with Gasteiger partial charge in [-0.3, -0.25) is 0 Å². The Labute approximate surface area is 110 Å². The van der Waals surface area contributed by atoms with Crippen molar-refractivity contribution in [2.24, 2.45) is 0 Å². The fourth-order valence-electron chi connectivity index (χ4n) is 1.59. The second-order valence-electron chi connectivity index (χ2n) is 4.06. The first-order valence-corrected chi connectivity index (χ1v) is 5.98. The maximum absolute atomic E-state index is 6.10. The molecule has 0 fully saturated rings. The van der Waals surface area contributed by atoms with Crippen molar-refractivity contribution in [1.29, 1.82) is 0 Å². The molecule has 0 aromatic carbocycles. The van der Waals surface area contributed by atoms with Gasteiger partial charge in [0.2, 0.25) is 0 Å². The molecule has 0 amide bonds. The van der Waals surface area contributed by atoms with Crippen LogP contribution in [0.15, 0.2) is 12.5 Å². The van der Waals surface area contributed by atoms with Gasteiger partial charge in [-0.25, -0.2) is 14.6 Å². The number of aromatic nitrogens is 4. The number of nitrogens with zero attached hydrogens (tertiary/aromatic N) is 4. The summed E-state index contributed by atoms with van der Waals surface area (Å²) >= 11 is 12.1. The highest BCUT2D eigenvalue weighted by Gasteiger charge is 2.16. The average Bonchev–Trinajstić information content (AvgIpc) is 2.58. The molecular weight excluding hydrogens is 259 g/mol. The fraction of sp³-hybridized carbons (Fsp3) is 0.364. The van der Waals surface area contributed by atoms with E-state index in [0.29, 0.717) is 16.0 Å². The van der Waals surface area contributed by atoms with E-state index in [-0.39, 0.29) is 5.92 Å². The Morgan fingerprint density at radius 3 is 2.47 bits per heavy atom. The van der Waals surface area contributed by atoms with Crippen molar-refractivity contribution in [3.63, 3.8) is 0 Å². The summed E-state index contributed by atoms with van der Waals surface area (Å²) in [6.45, 7) is 5.91. The Balaban J connectivity index is 2.63. The molecule has 0 aliphatic heterocycles. The largest absolute Gasteiger partial charge is 0.224 e. The molecular formula is C11H12Cl2N4. The van der Waals surface area contributed by atoms with E-state index >= 15 is 0 Å². The Morgan fingerprint density at radius 2 is 1.94 bits per heavy atom. The quantitative estimate of drug-likeness (QED) is 0.786. The van der Waals surface area contributed by atoms with Crippen molar-refractivity contribution in [2.75, 3.05) is 0 Å². The molecule has 2 heterocycles. The fourth-order valence-corrected chi connectivity index (χ4v) is 2.07. The van der Waals surface area contributed by atoms with E-state index in [1.807, 2.05) is 20.8 Å². The van der Waals surface area contributed by atoms with Gasteiger partial charge in [0.1, 0.15) is 11.5 Å². The van der Waals surface area contributed by atoms with Crippen LogP contribution in [-0.2, 0) is 0 Å². The summed E-state index contributed by atoms with van der Waals surface area (Å²) in [5.41, 5.74) is 1.63.